The highest BCUT2D eigenvalue weighted by atomic mass is 127. The molecule has 2 aromatic rings. The second-order valence-corrected chi connectivity index (χ2v) is 7.23. The first-order valence-corrected chi connectivity index (χ1v) is 9.72. The molecule has 0 saturated carbocycles. The molecule has 0 bridgehead atoms. The number of halogens is 1. The molecule has 0 spiro atoms. The lowest BCUT2D eigenvalue weighted by Crippen LogP contribution is -2.39. The van der Waals surface area contributed by atoms with Gasteiger partial charge in [-0.05, 0) is 19.4 Å². The number of benzene rings is 1. The second-order valence-electron chi connectivity index (χ2n) is 5.92. The van der Waals surface area contributed by atoms with Gasteiger partial charge >= 0.3 is 0 Å². The second kappa shape index (κ2) is 13.9. The first-order valence-electron chi connectivity index (χ1n) is 8.90. The molecule has 1 aromatic carbocycles. The van der Waals surface area contributed by atoms with E-state index in [1.165, 1.54) is 4.88 Å². The summed E-state index contributed by atoms with van der Waals surface area (Å²) in [4.78, 5) is 10.00. The van der Waals surface area contributed by atoms with E-state index in [-0.39, 0.29) is 30.6 Å². The van der Waals surface area contributed by atoms with Crippen LogP contribution in [0.5, 0.6) is 0 Å². The van der Waals surface area contributed by atoms with E-state index in [0.29, 0.717) is 19.1 Å². The van der Waals surface area contributed by atoms with Crippen LogP contribution in [0.3, 0.4) is 0 Å². The van der Waals surface area contributed by atoms with Crippen molar-refractivity contribution < 1.29 is 9.84 Å². The van der Waals surface area contributed by atoms with Crippen LogP contribution in [-0.4, -0.2) is 48.4 Å². The van der Waals surface area contributed by atoms with Crippen LogP contribution >= 0.6 is 35.3 Å². The van der Waals surface area contributed by atoms with Crippen LogP contribution in [0, 0.1) is 6.92 Å². The zero-order chi connectivity index (χ0) is 18.6. The zero-order valence-corrected chi connectivity index (χ0v) is 19.0. The summed E-state index contributed by atoms with van der Waals surface area (Å²) in [5.41, 5.74) is 1.09. The summed E-state index contributed by atoms with van der Waals surface area (Å²) in [6.07, 6.45) is 2.12. The largest absolute Gasteiger partial charge is 0.389 e. The molecule has 6 nitrogen and oxygen atoms in total. The van der Waals surface area contributed by atoms with Gasteiger partial charge in [-0.3, -0.25) is 4.99 Å². The Kier molecular flexibility index (Phi) is 12.2. The van der Waals surface area contributed by atoms with E-state index in [4.69, 9.17) is 4.74 Å². The van der Waals surface area contributed by atoms with Crippen LogP contribution in [0.15, 0.2) is 41.5 Å². The number of thiazole rings is 1. The lowest BCUT2D eigenvalue weighted by molar-refractivity contribution is 0.0331. The zero-order valence-electron chi connectivity index (χ0n) is 15.9. The molecule has 0 radical (unpaired) electrons. The number of nitrogens with zero attached hydrogens (tertiary/aromatic N) is 2. The number of aliphatic hydroxyl groups excluding tert-OH is 1. The van der Waals surface area contributed by atoms with Crippen molar-refractivity contribution in [2.45, 2.75) is 33.0 Å². The van der Waals surface area contributed by atoms with Crippen molar-refractivity contribution >= 4 is 41.3 Å². The van der Waals surface area contributed by atoms with Gasteiger partial charge in [0, 0.05) is 30.6 Å². The van der Waals surface area contributed by atoms with Crippen molar-refractivity contribution in [3.8, 4) is 0 Å². The highest BCUT2D eigenvalue weighted by molar-refractivity contribution is 14.0. The van der Waals surface area contributed by atoms with E-state index >= 15 is 0 Å². The normalized spacial score (nSPS) is 12.3. The number of rotatable bonds is 10. The molecule has 0 aliphatic rings. The smallest absolute Gasteiger partial charge is 0.191 e. The maximum absolute atomic E-state index is 10.1. The fraction of sp³-hybridized carbons (Fsp3) is 0.474. The number of hydrogen-bond donors (Lipinski definition) is 3. The van der Waals surface area contributed by atoms with Crippen molar-refractivity contribution in [3.05, 3.63) is 52.0 Å². The molecule has 0 aliphatic heterocycles. The number of ether oxygens (including phenoxy) is 1. The summed E-state index contributed by atoms with van der Waals surface area (Å²) in [5, 5.41) is 17.6. The standard InChI is InChI=1S/C19H28N4O2S.HI/c1-3-20-19(21-10-9-18-22-11-15(2)26-18)23-12-17(24)14-25-13-16-7-5-4-6-8-16;/h4-8,11,17,24H,3,9-10,12-14H2,1-2H3,(H2,20,21,23);1H. The number of nitrogens with one attached hydrogen (secondary N) is 2. The SMILES string of the molecule is CCNC(=NCC(O)COCc1ccccc1)NCCc1ncc(C)s1.I. The van der Waals surface area contributed by atoms with E-state index in [1.54, 1.807) is 11.3 Å². The molecule has 1 heterocycles. The number of aliphatic hydroxyl groups is 1. The van der Waals surface area contributed by atoms with Crippen LogP contribution in [0.2, 0.25) is 0 Å². The molecule has 0 aliphatic carbocycles. The first-order chi connectivity index (χ1) is 12.7. The van der Waals surface area contributed by atoms with Gasteiger partial charge in [0.1, 0.15) is 0 Å². The van der Waals surface area contributed by atoms with Gasteiger partial charge in [-0.1, -0.05) is 30.3 Å². The molecule has 1 aromatic heterocycles. The Morgan fingerprint density at radius 3 is 2.74 bits per heavy atom. The van der Waals surface area contributed by atoms with Crippen LogP contribution < -0.4 is 10.6 Å². The predicted octanol–water partition coefficient (Wildman–Crippen LogP) is 2.74. The molecular formula is C19H29IN4O2S. The van der Waals surface area contributed by atoms with Gasteiger partial charge in [-0.15, -0.1) is 35.3 Å². The Morgan fingerprint density at radius 1 is 1.30 bits per heavy atom. The van der Waals surface area contributed by atoms with Crippen LogP contribution in [0.4, 0.5) is 0 Å². The minimum atomic E-state index is -0.629. The van der Waals surface area contributed by atoms with E-state index in [1.807, 2.05) is 43.5 Å². The third-order valence-electron chi connectivity index (χ3n) is 3.53. The van der Waals surface area contributed by atoms with Crippen molar-refractivity contribution in [1.82, 2.24) is 15.6 Å². The predicted molar refractivity (Wildman–Crippen MR) is 122 cm³/mol. The minimum absolute atomic E-state index is 0. The Balaban J connectivity index is 0.00000364. The monoisotopic (exact) mass is 504 g/mol. The summed E-state index contributed by atoms with van der Waals surface area (Å²) < 4.78 is 5.55. The minimum Gasteiger partial charge on any atom is -0.389 e. The van der Waals surface area contributed by atoms with Gasteiger partial charge in [-0.2, -0.15) is 0 Å². The van der Waals surface area contributed by atoms with E-state index < -0.39 is 6.10 Å². The molecule has 27 heavy (non-hydrogen) atoms. The van der Waals surface area contributed by atoms with Gasteiger partial charge in [0.25, 0.3) is 0 Å². The molecule has 3 N–H and O–H groups in total. The lowest BCUT2D eigenvalue weighted by Gasteiger charge is -2.13. The van der Waals surface area contributed by atoms with Crippen LogP contribution in [-0.2, 0) is 17.8 Å². The Hall–Kier alpha value is -1.23. The van der Waals surface area contributed by atoms with Crippen molar-refractivity contribution in [2.75, 3.05) is 26.2 Å². The summed E-state index contributed by atoms with van der Waals surface area (Å²) in [6, 6.07) is 9.92. The molecule has 0 amide bonds. The Labute approximate surface area is 182 Å². The maximum atomic E-state index is 10.1. The van der Waals surface area contributed by atoms with Crippen molar-refractivity contribution in [2.24, 2.45) is 4.99 Å². The van der Waals surface area contributed by atoms with Crippen LogP contribution in [0.1, 0.15) is 22.4 Å². The molecule has 2 rings (SSSR count). The van der Waals surface area contributed by atoms with Crippen LogP contribution in [0.25, 0.3) is 0 Å². The quantitative estimate of drug-likeness (QED) is 0.264. The average Bonchev–Trinajstić information content (AvgIpc) is 3.06. The molecule has 8 heteroatoms. The summed E-state index contributed by atoms with van der Waals surface area (Å²) in [5.74, 6) is 0.697. The number of aromatic nitrogens is 1. The topological polar surface area (TPSA) is 78.8 Å². The fourth-order valence-corrected chi connectivity index (χ4v) is 3.07. The molecule has 0 fully saturated rings. The van der Waals surface area contributed by atoms with E-state index in [2.05, 4.69) is 27.5 Å². The molecule has 1 unspecified atom stereocenters. The number of aryl methyl sites for hydroxylation is 1. The first kappa shape index (κ1) is 23.8. The number of guanidine groups is 1. The van der Waals surface area contributed by atoms with Gasteiger partial charge in [0.2, 0.25) is 0 Å². The highest BCUT2D eigenvalue weighted by Crippen LogP contribution is 2.10. The average molecular weight is 504 g/mol. The van der Waals surface area contributed by atoms with Crippen molar-refractivity contribution in [1.29, 1.82) is 0 Å². The van der Waals surface area contributed by atoms with Crippen molar-refractivity contribution in [3.63, 3.8) is 0 Å². The Morgan fingerprint density at radius 2 is 2.07 bits per heavy atom. The third-order valence-corrected chi connectivity index (χ3v) is 4.50. The fourth-order valence-electron chi connectivity index (χ4n) is 2.28. The number of aliphatic imine (C=N–C) groups is 1. The molecule has 0 saturated heterocycles. The summed E-state index contributed by atoms with van der Waals surface area (Å²) in [7, 11) is 0. The van der Waals surface area contributed by atoms with Gasteiger partial charge in [0.05, 0.1) is 30.9 Å². The summed E-state index contributed by atoms with van der Waals surface area (Å²) in [6.45, 7) is 6.63. The Bertz CT molecular complexity index is 667. The van der Waals surface area contributed by atoms with Gasteiger partial charge in [0.15, 0.2) is 5.96 Å². The third kappa shape index (κ3) is 10.0. The van der Waals surface area contributed by atoms with E-state index in [9.17, 15) is 5.11 Å². The molecule has 1 atom stereocenters. The molecule has 150 valence electrons. The lowest BCUT2D eigenvalue weighted by atomic mass is 10.2. The maximum Gasteiger partial charge on any atom is 0.191 e. The number of hydrogen-bond acceptors (Lipinski definition) is 5. The van der Waals surface area contributed by atoms with Gasteiger partial charge in [-0.25, -0.2) is 4.98 Å². The van der Waals surface area contributed by atoms with E-state index in [0.717, 1.165) is 30.1 Å². The molecular weight excluding hydrogens is 475 g/mol. The summed E-state index contributed by atoms with van der Waals surface area (Å²) >= 11 is 1.71. The highest BCUT2D eigenvalue weighted by Gasteiger charge is 2.06. The van der Waals surface area contributed by atoms with Gasteiger partial charge < -0.3 is 20.5 Å².